The second kappa shape index (κ2) is 6.42. The molecule has 0 fully saturated rings. The average molecular weight is 365 g/mol. The molecule has 0 aromatic heterocycles. The van der Waals surface area contributed by atoms with Gasteiger partial charge in [-0.05, 0) is 36.2 Å². The van der Waals surface area contributed by atoms with Gasteiger partial charge in [-0.2, -0.15) is 0 Å². The maximum Gasteiger partial charge on any atom is 0.127 e. The zero-order valence-corrected chi connectivity index (χ0v) is 14.2. The lowest BCUT2D eigenvalue weighted by atomic mass is 10.0. The number of thioether (sulfide) groups is 1. The molecule has 1 unspecified atom stereocenters. The fraction of sp³-hybridized carbons (Fsp3) is 0.294. The predicted molar refractivity (Wildman–Crippen MR) is 90.2 cm³/mol. The smallest absolute Gasteiger partial charge is 0.127 e. The number of benzene rings is 2. The van der Waals surface area contributed by atoms with E-state index < -0.39 is 0 Å². The molecule has 0 radical (unpaired) electrons. The van der Waals surface area contributed by atoms with Crippen LogP contribution >= 0.6 is 27.7 Å². The summed E-state index contributed by atoms with van der Waals surface area (Å²) < 4.78 is 7.03. The monoisotopic (exact) mass is 364 g/mol. The highest BCUT2D eigenvalue weighted by Crippen LogP contribution is 2.40. The number of rotatable bonds is 4. The lowest BCUT2D eigenvalue weighted by Gasteiger charge is -2.17. The summed E-state index contributed by atoms with van der Waals surface area (Å²) in [4.78, 5) is 1.36. The number of fused-ring (bicyclic) bond motifs is 1. The fourth-order valence-electron chi connectivity index (χ4n) is 2.67. The van der Waals surface area contributed by atoms with Crippen LogP contribution in [-0.2, 0) is 6.61 Å². The number of aryl methyl sites for hydroxylation is 1. The Bertz CT molecular complexity index is 657. The Morgan fingerprint density at radius 2 is 2.14 bits per heavy atom. The van der Waals surface area contributed by atoms with Gasteiger partial charge in [0, 0.05) is 26.6 Å². The second-order valence-corrected chi connectivity index (χ2v) is 7.20. The van der Waals surface area contributed by atoms with Crippen molar-refractivity contribution in [3.05, 3.63) is 57.6 Å². The summed E-state index contributed by atoms with van der Waals surface area (Å²) in [6.07, 6.45) is 0. The van der Waals surface area contributed by atoms with Crippen molar-refractivity contribution in [2.75, 3.05) is 12.4 Å². The van der Waals surface area contributed by atoms with Gasteiger partial charge in [-0.15, -0.1) is 11.8 Å². The third-order valence-electron chi connectivity index (χ3n) is 3.71. The Kier molecular flexibility index (Phi) is 4.57. The molecule has 1 aliphatic heterocycles. The van der Waals surface area contributed by atoms with Crippen molar-refractivity contribution in [3.63, 3.8) is 0 Å². The highest BCUT2D eigenvalue weighted by molar-refractivity contribution is 9.10. The maximum atomic E-state index is 9.51. The number of ether oxygens (including phenoxy) is 1. The van der Waals surface area contributed by atoms with Crippen LogP contribution in [0.3, 0.4) is 0 Å². The van der Waals surface area contributed by atoms with Crippen molar-refractivity contribution in [3.8, 4) is 5.75 Å². The molecule has 0 spiro atoms. The lowest BCUT2D eigenvalue weighted by Crippen LogP contribution is -2.11. The molecule has 3 rings (SSSR count). The topological polar surface area (TPSA) is 29.5 Å². The fourth-order valence-corrected chi connectivity index (χ4v) is 4.53. The van der Waals surface area contributed by atoms with Gasteiger partial charge in [0.15, 0.2) is 0 Å². The van der Waals surface area contributed by atoms with Gasteiger partial charge in [0.25, 0.3) is 0 Å². The van der Waals surface area contributed by atoms with E-state index in [1.165, 1.54) is 10.5 Å². The van der Waals surface area contributed by atoms with Gasteiger partial charge in [0.1, 0.15) is 5.75 Å². The molecule has 110 valence electrons. The SMILES string of the molecule is Cc1cc(Br)cc(CO)c1OCC1CSc2ccccc21. The standard InChI is InChI=1S/C17H17BrO2S/c1-11-6-14(18)7-12(8-19)17(11)20-9-13-10-21-16-5-3-2-4-15(13)16/h2-7,13,19H,8-10H2,1H3. The first-order valence-electron chi connectivity index (χ1n) is 6.93. The number of aliphatic hydroxyl groups is 1. The van der Waals surface area contributed by atoms with E-state index in [1.807, 2.05) is 30.8 Å². The maximum absolute atomic E-state index is 9.51. The van der Waals surface area contributed by atoms with E-state index in [0.717, 1.165) is 27.1 Å². The van der Waals surface area contributed by atoms with Crippen LogP contribution in [0.4, 0.5) is 0 Å². The van der Waals surface area contributed by atoms with Gasteiger partial charge in [-0.25, -0.2) is 0 Å². The van der Waals surface area contributed by atoms with E-state index in [1.54, 1.807) is 0 Å². The predicted octanol–water partition coefficient (Wildman–Crippen LogP) is 4.52. The Labute approximate surface area is 137 Å². The van der Waals surface area contributed by atoms with Gasteiger partial charge in [0.05, 0.1) is 13.2 Å². The molecule has 1 N–H and O–H groups in total. The highest BCUT2D eigenvalue weighted by Gasteiger charge is 2.23. The van der Waals surface area contributed by atoms with Gasteiger partial charge in [-0.3, -0.25) is 0 Å². The molecule has 0 saturated carbocycles. The summed E-state index contributed by atoms with van der Waals surface area (Å²) in [5.41, 5.74) is 3.26. The van der Waals surface area contributed by atoms with Gasteiger partial charge >= 0.3 is 0 Å². The largest absolute Gasteiger partial charge is 0.492 e. The van der Waals surface area contributed by atoms with Crippen LogP contribution in [-0.4, -0.2) is 17.5 Å². The van der Waals surface area contributed by atoms with Crippen LogP contribution in [0.2, 0.25) is 0 Å². The van der Waals surface area contributed by atoms with E-state index in [-0.39, 0.29) is 6.61 Å². The molecule has 4 heteroatoms. The minimum Gasteiger partial charge on any atom is -0.492 e. The minimum atomic E-state index is -0.00832. The molecule has 2 aromatic rings. The molecule has 2 nitrogen and oxygen atoms in total. The van der Waals surface area contributed by atoms with Gasteiger partial charge in [0.2, 0.25) is 0 Å². The lowest BCUT2D eigenvalue weighted by molar-refractivity contribution is 0.256. The molecule has 0 bridgehead atoms. The first-order chi connectivity index (χ1) is 10.2. The first-order valence-corrected chi connectivity index (χ1v) is 8.71. The normalized spacial score (nSPS) is 16.8. The molecule has 0 aliphatic carbocycles. The molecule has 1 heterocycles. The van der Waals surface area contributed by atoms with Crippen molar-refractivity contribution < 1.29 is 9.84 Å². The van der Waals surface area contributed by atoms with E-state index in [2.05, 4.69) is 40.2 Å². The van der Waals surface area contributed by atoms with Crippen molar-refractivity contribution in [1.82, 2.24) is 0 Å². The second-order valence-electron chi connectivity index (χ2n) is 5.23. The first kappa shape index (κ1) is 14.9. The molecular weight excluding hydrogens is 348 g/mol. The number of aliphatic hydroxyl groups excluding tert-OH is 1. The van der Waals surface area contributed by atoms with Crippen molar-refractivity contribution in [2.45, 2.75) is 24.3 Å². The van der Waals surface area contributed by atoms with Gasteiger partial charge < -0.3 is 9.84 Å². The van der Waals surface area contributed by atoms with Crippen LogP contribution < -0.4 is 4.74 Å². The van der Waals surface area contributed by atoms with Crippen molar-refractivity contribution in [1.29, 1.82) is 0 Å². The molecule has 21 heavy (non-hydrogen) atoms. The highest BCUT2D eigenvalue weighted by atomic mass is 79.9. The van der Waals surface area contributed by atoms with Crippen LogP contribution in [0.5, 0.6) is 5.75 Å². The molecule has 0 saturated heterocycles. The third kappa shape index (κ3) is 3.12. The van der Waals surface area contributed by atoms with E-state index >= 15 is 0 Å². The van der Waals surface area contributed by atoms with E-state index in [0.29, 0.717) is 12.5 Å². The number of hydrogen-bond acceptors (Lipinski definition) is 3. The van der Waals surface area contributed by atoms with E-state index in [9.17, 15) is 5.11 Å². The molecular formula is C17H17BrO2S. The zero-order valence-electron chi connectivity index (χ0n) is 11.8. The van der Waals surface area contributed by atoms with Crippen LogP contribution in [0.25, 0.3) is 0 Å². The Morgan fingerprint density at radius 3 is 2.95 bits per heavy atom. The number of hydrogen-bond donors (Lipinski definition) is 1. The Balaban J connectivity index is 1.78. The summed E-state index contributed by atoms with van der Waals surface area (Å²) >= 11 is 5.35. The summed E-state index contributed by atoms with van der Waals surface area (Å²) in [6.45, 7) is 2.65. The summed E-state index contributed by atoms with van der Waals surface area (Å²) in [5, 5.41) is 9.51. The zero-order chi connectivity index (χ0) is 14.8. The summed E-state index contributed by atoms with van der Waals surface area (Å²) in [5.74, 6) is 2.29. The molecule has 0 amide bonds. The molecule has 1 atom stereocenters. The number of halogens is 1. The van der Waals surface area contributed by atoms with Crippen LogP contribution in [0, 0.1) is 6.92 Å². The van der Waals surface area contributed by atoms with Crippen molar-refractivity contribution >= 4 is 27.7 Å². The third-order valence-corrected chi connectivity index (χ3v) is 5.42. The average Bonchev–Trinajstić information content (AvgIpc) is 2.89. The minimum absolute atomic E-state index is 0.00832. The van der Waals surface area contributed by atoms with E-state index in [4.69, 9.17) is 4.74 Å². The quantitative estimate of drug-likeness (QED) is 0.864. The van der Waals surface area contributed by atoms with Gasteiger partial charge in [-0.1, -0.05) is 34.1 Å². The Morgan fingerprint density at radius 1 is 1.33 bits per heavy atom. The molecule has 2 aromatic carbocycles. The molecule has 1 aliphatic rings. The Hall–Kier alpha value is -0.970. The summed E-state index contributed by atoms with van der Waals surface area (Å²) in [6, 6.07) is 12.5. The van der Waals surface area contributed by atoms with Crippen LogP contribution in [0.1, 0.15) is 22.6 Å². The summed E-state index contributed by atoms with van der Waals surface area (Å²) in [7, 11) is 0. The van der Waals surface area contributed by atoms with Crippen LogP contribution in [0.15, 0.2) is 45.8 Å². The van der Waals surface area contributed by atoms with Crippen molar-refractivity contribution in [2.24, 2.45) is 0 Å².